The van der Waals surface area contributed by atoms with Gasteiger partial charge >= 0.3 is 5.69 Å². The number of nitrogens with one attached hydrogen (secondary N) is 1. The number of hydrogen-bond donors (Lipinski definition) is 2. The van der Waals surface area contributed by atoms with Crippen molar-refractivity contribution in [3.8, 4) is 11.5 Å². The maximum atomic E-state index is 12.4. The Bertz CT molecular complexity index is 1210. The summed E-state index contributed by atoms with van der Waals surface area (Å²) in [5, 5.41) is 13.0. The van der Waals surface area contributed by atoms with Gasteiger partial charge < -0.3 is 24.5 Å². The van der Waals surface area contributed by atoms with Crippen molar-refractivity contribution in [1.82, 2.24) is 24.0 Å². The summed E-state index contributed by atoms with van der Waals surface area (Å²) in [6, 6.07) is 4.96. The summed E-state index contributed by atoms with van der Waals surface area (Å²) in [4.78, 5) is 40.8. The molecule has 0 aliphatic rings. The van der Waals surface area contributed by atoms with Gasteiger partial charge in [0, 0.05) is 20.6 Å². The highest BCUT2D eigenvalue weighted by molar-refractivity contribution is 5.78. The third kappa shape index (κ3) is 3.79. The SMILES string of the molecule is COc1ccc(C(O)CNC(=O)Cn2cnc3c2c(=O)n(C)c(=O)n3C)cc1OC. The molecule has 30 heavy (non-hydrogen) atoms. The lowest BCUT2D eigenvalue weighted by atomic mass is 10.1. The Kier molecular flexibility index (Phi) is 5.92. The Morgan fingerprint density at radius 2 is 1.87 bits per heavy atom. The van der Waals surface area contributed by atoms with Crippen LogP contribution in [0.4, 0.5) is 0 Å². The number of carbonyl (C=O) groups excluding carboxylic acids is 1. The number of benzene rings is 1. The summed E-state index contributed by atoms with van der Waals surface area (Å²) in [6.07, 6.45) is 0.359. The van der Waals surface area contributed by atoms with Crippen LogP contribution in [-0.4, -0.2) is 50.5 Å². The summed E-state index contributed by atoms with van der Waals surface area (Å²) in [5.74, 6) is 0.567. The Morgan fingerprint density at radius 1 is 1.17 bits per heavy atom. The van der Waals surface area contributed by atoms with E-state index < -0.39 is 23.3 Å². The lowest BCUT2D eigenvalue weighted by Gasteiger charge is -2.15. The van der Waals surface area contributed by atoms with Crippen molar-refractivity contribution in [3.63, 3.8) is 0 Å². The molecule has 0 spiro atoms. The van der Waals surface area contributed by atoms with E-state index in [2.05, 4.69) is 10.3 Å². The first-order valence-corrected chi connectivity index (χ1v) is 9.06. The van der Waals surface area contributed by atoms with E-state index in [1.54, 1.807) is 18.2 Å². The molecule has 11 nitrogen and oxygen atoms in total. The molecular formula is C19H23N5O6. The molecule has 0 saturated heterocycles. The van der Waals surface area contributed by atoms with Crippen LogP contribution in [0, 0.1) is 0 Å². The second-order valence-corrected chi connectivity index (χ2v) is 6.68. The standard InChI is InChI=1S/C19H23N5O6/c1-22-17-16(18(27)23(2)19(22)28)24(10-21-17)9-15(26)20-8-12(25)11-5-6-13(29-3)14(7-11)30-4/h5-7,10,12,25H,8-9H2,1-4H3,(H,20,26). The van der Waals surface area contributed by atoms with Crippen molar-refractivity contribution in [3.05, 3.63) is 50.9 Å². The van der Waals surface area contributed by atoms with Crippen LogP contribution in [0.3, 0.4) is 0 Å². The average Bonchev–Trinajstić information content (AvgIpc) is 3.17. The summed E-state index contributed by atoms with van der Waals surface area (Å²) in [6.45, 7) is -0.236. The minimum atomic E-state index is -0.970. The van der Waals surface area contributed by atoms with Crippen LogP contribution < -0.4 is 26.0 Å². The molecular weight excluding hydrogens is 394 g/mol. The Balaban J connectivity index is 1.72. The quantitative estimate of drug-likeness (QED) is 0.520. The van der Waals surface area contributed by atoms with E-state index in [0.717, 1.165) is 4.57 Å². The summed E-state index contributed by atoms with van der Waals surface area (Å²) in [5.41, 5.74) is -0.148. The topological polar surface area (TPSA) is 130 Å². The first-order valence-electron chi connectivity index (χ1n) is 9.06. The maximum absolute atomic E-state index is 12.4. The van der Waals surface area contributed by atoms with Gasteiger partial charge in [0.05, 0.1) is 26.7 Å². The Labute approximate surface area is 171 Å². The largest absolute Gasteiger partial charge is 0.493 e. The van der Waals surface area contributed by atoms with Crippen LogP contribution >= 0.6 is 0 Å². The molecule has 2 N–H and O–H groups in total. The van der Waals surface area contributed by atoms with Gasteiger partial charge in [0.2, 0.25) is 5.91 Å². The molecule has 11 heteroatoms. The minimum absolute atomic E-state index is 0.0442. The van der Waals surface area contributed by atoms with Gasteiger partial charge in [0.25, 0.3) is 5.56 Å². The zero-order valence-corrected chi connectivity index (χ0v) is 17.1. The number of amides is 1. The number of aryl methyl sites for hydroxylation is 1. The molecule has 160 valence electrons. The Hall–Kier alpha value is -3.60. The van der Waals surface area contributed by atoms with Crippen molar-refractivity contribution in [2.45, 2.75) is 12.6 Å². The molecule has 0 aliphatic carbocycles. The Morgan fingerprint density at radius 3 is 2.53 bits per heavy atom. The van der Waals surface area contributed by atoms with E-state index in [1.165, 1.54) is 43.8 Å². The lowest BCUT2D eigenvalue weighted by molar-refractivity contribution is -0.122. The van der Waals surface area contributed by atoms with Crippen molar-refractivity contribution in [2.75, 3.05) is 20.8 Å². The van der Waals surface area contributed by atoms with Crippen LogP contribution in [0.25, 0.3) is 11.2 Å². The fraction of sp³-hybridized carbons (Fsp3) is 0.368. The van der Waals surface area contributed by atoms with Gasteiger partial charge in [-0.1, -0.05) is 6.07 Å². The number of aliphatic hydroxyl groups is 1. The molecule has 2 heterocycles. The maximum Gasteiger partial charge on any atom is 0.332 e. The zero-order valence-electron chi connectivity index (χ0n) is 17.1. The molecule has 1 amide bonds. The number of carbonyl (C=O) groups is 1. The number of hydrogen-bond acceptors (Lipinski definition) is 7. The lowest BCUT2D eigenvalue weighted by Crippen LogP contribution is -2.38. The molecule has 0 bridgehead atoms. The van der Waals surface area contributed by atoms with Gasteiger partial charge in [-0.3, -0.25) is 18.7 Å². The molecule has 1 aromatic carbocycles. The number of imidazole rings is 1. The van der Waals surface area contributed by atoms with Crippen molar-refractivity contribution >= 4 is 17.1 Å². The third-order valence-electron chi connectivity index (χ3n) is 4.82. The number of fused-ring (bicyclic) bond motifs is 1. The zero-order chi connectivity index (χ0) is 22.0. The monoisotopic (exact) mass is 417 g/mol. The third-order valence-corrected chi connectivity index (χ3v) is 4.82. The molecule has 0 aliphatic heterocycles. The second kappa shape index (κ2) is 8.41. The average molecular weight is 417 g/mol. The molecule has 3 aromatic rings. The van der Waals surface area contributed by atoms with E-state index in [9.17, 15) is 19.5 Å². The van der Waals surface area contributed by atoms with Crippen LogP contribution in [0.2, 0.25) is 0 Å². The first kappa shape index (κ1) is 21.1. The highest BCUT2D eigenvalue weighted by Crippen LogP contribution is 2.29. The summed E-state index contributed by atoms with van der Waals surface area (Å²) < 4.78 is 13.9. The molecule has 2 aromatic heterocycles. The molecule has 3 rings (SSSR count). The summed E-state index contributed by atoms with van der Waals surface area (Å²) >= 11 is 0. The van der Waals surface area contributed by atoms with E-state index in [1.807, 2.05) is 0 Å². The number of nitrogens with zero attached hydrogens (tertiary/aromatic N) is 4. The fourth-order valence-electron chi connectivity index (χ4n) is 3.12. The summed E-state index contributed by atoms with van der Waals surface area (Å²) in [7, 11) is 5.87. The van der Waals surface area contributed by atoms with E-state index in [4.69, 9.17) is 9.47 Å². The van der Waals surface area contributed by atoms with Crippen LogP contribution in [-0.2, 0) is 25.4 Å². The van der Waals surface area contributed by atoms with Gasteiger partial charge in [-0.25, -0.2) is 9.78 Å². The predicted octanol–water partition coefficient (Wildman–Crippen LogP) is -0.699. The number of aliphatic hydroxyl groups excluding tert-OH is 1. The number of rotatable bonds is 7. The van der Waals surface area contributed by atoms with Gasteiger partial charge in [0.1, 0.15) is 6.54 Å². The number of aromatic nitrogens is 4. The van der Waals surface area contributed by atoms with Crippen molar-refractivity contribution < 1.29 is 19.4 Å². The van der Waals surface area contributed by atoms with Gasteiger partial charge in [0.15, 0.2) is 22.7 Å². The smallest absolute Gasteiger partial charge is 0.332 e. The van der Waals surface area contributed by atoms with E-state index in [-0.39, 0.29) is 24.3 Å². The molecule has 1 unspecified atom stereocenters. The second-order valence-electron chi connectivity index (χ2n) is 6.68. The predicted molar refractivity (Wildman–Crippen MR) is 108 cm³/mol. The van der Waals surface area contributed by atoms with E-state index in [0.29, 0.717) is 17.1 Å². The highest BCUT2D eigenvalue weighted by atomic mass is 16.5. The molecule has 0 saturated carbocycles. The molecule has 0 radical (unpaired) electrons. The van der Waals surface area contributed by atoms with Crippen LogP contribution in [0.15, 0.2) is 34.1 Å². The van der Waals surface area contributed by atoms with Crippen molar-refractivity contribution in [1.29, 1.82) is 0 Å². The van der Waals surface area contributed by atoms with Gasteiger partial charge in [-0.15, -0.1) is 0 Å². The highest BCUT2D eigenvalue weighted by Gasteiger charge is 2.17. The fourth-order valence-corrected chi connectivity index (χ4v) is 3.12. The van der Waals surface area contributed by atoms with Gasteiger partial charge in [-0.2, -0.15) is 0 Å². The molecule has 0 fully saturated rings. The van der Waals surface area contributed by atoms with Gasteiger partial charge in [-0.05, 0) is 17.7 Å². The van der Waals surface area contributed by atoms with Crippen LogP contribution in [0.1, 0.15) is 11.7 Å². The number of ether oxygens (including phenoxy) is 2. The van der Waals surface area contributed by atoms with Crippen LogP contribution in [0.5, 0.6) is 11.5 Å². The normalized spacial score (nSPS) is 12.0. The minimum Gasteiger partial charge on any atom is -0.493 e. The molecule has 1 atom stereocenters. The first-order chi connectivity index (χ1) is 14.3. The number of methoxy groups -OCH3 is 2. The van der Waals surface area contributed by atoms with E-state index >= 15 is 0 Å². The van der Waals surface area contributed by atoms with Crippen molar-refractivity contribution in [2.24, 2.45) is 14.1 Å².